The number of unbranched alkanes of at least 4 members (excludes halogenated alkanes) is 6. The average Bonchev–Trinajstić information content (AvgIpc) is 3.25. The molecular weight excluding hydrogens is 414 g/mol. The fourth-order valence-corrected chi connectivity index (χ4v) is 4.09. The van der Waals surface area contributed by atoms with Crippen LogP contribution in [0.3, 0.4) is 0 Å². The Morgan fingerprint density at radius 2 is 1.61 bits per heavy atom. The molecule has 1 aromatic heterocycles. The molecule has 2 aromatic carbocycles. The second-order valence-corrected chi connectivity index (χ2v) is 8.76. The van der Waals surface area contributed by atoms with Gasteiger partial charge >= 0.3 is 5.97 Å². The number of aromatic nitrogens is 3. The largest absolute Gasteiger partial charge is 0.506 e. The molecule has 3 rings (SSSR count). The fraction of sp³-hybridized carbons (Fsp3) is 0.519. The van der Waals surface area contributed by atoms with Crippen molar-refractivity contribution in [3.05, 3.63) is 48.0 Å². The zero-order valence-electron chi connectivity index (χ0n) is 20.0. The molecule has 1 atom stereocenters. The number of nitrogens with zero attached hydrogens (tertiary/aromatic N) is 3. The maximum Gasteiger partial charge on any atom is 0.306 e. The van der Waals surface area contributed by atoms with Crippen LogP contribution in [-0.2, 0) is 9.53 Å². The van der Waals surface area contributed by atoms with Gasteiger partial charge in [-0.3, -0.25) is 4.79 Å². The zero-order chi connectivity index (χ0) is 23.5. The van der Waals surface area contributed by atoms with Gasteiger partial charge in [0.15, 0.2) is 0 Å². The number of rotatable bonds is 14. The van der Waals surface area contributed by atoms with Crippen molar-refractivity contribution in [3.8, 4) is 11.4 Å². The molecule has 1 N–H and O–H groups in total. The third-order valence-electron chi connectivity index (χ3n) is 6.05. The first-order valence-corrected chi connectivity index (χ1v) is 12.4. The van der Waals surface area contributed by atoms with Crippen LogP contribution in [0.2, 0.25) is 0 Å². The summed E-state index contributed by atoms with van der Waals surface area (Å²) in [7, 11) is 0. The van der Waals surface area contributed by atoms with Gasteiger partial charge in [0.2, 0.25) is 0 Å². The van der Waals surface area contributed by atoms with E-state index < -0.39 is 0 Å². The molecule has 0 radical (unpaired) electrons. The Balaban J connectivity index is 1.66. The number of carbonyl (C=O) groups excluding carboxylic acids is 1. The lowest BCUT2D eigenvalue weighted by Crippen LogP contribution is -2.12. The number of hydrogen-bond acceptors (Lipinski definition) is 5. The summed E-state index contributed by atoms with van der Waals surface area (Å²) in [4.78, 5) is 14.0. The van der Waals surface area contributed by atoms with Crippen LogP contribution in [0, 0.1) is 0 Å². The second-order valence-electron chi connectivity index (χ2n) is 8.76. The van der Waals surface area contributed by atoms with E-state index in [1.165, 1.54) is 30.5 Å². The van der Waals surface area contributed by atoms with Gasteiger partial charge in [0.25, 0.3) is 0 Å². The van der Waals surface area contributed by atoms with Gasteiger partial charge in [0.1, 0.15) is 22.5 Å². The van der Waals surface area contributed by atoms with Crippen molar-refractivity contribution in [2.45, 2.75) is 84.0 Å². The third-order valence-corrected chi connectivity index (χ3v) is 6.05. The Bertz CT molecular complexity index is 982. The maximum absolute atomic E-state index is 12.6. The summed E-state index contributed by atoms with van der Waals surface area (Å²) in [5.74, 6) is -0.00693. The van der Waals surface area contributed by atoms with E-state index in [0.717, 1.165) is 48.7 Å². The number of ether oxygens (including phenoxy) is 1. The van der Waals surface area contributed by atoms with Crippen LogP contribution in [0.15, 0.2) is 42.5 Å². The van der Waals surface area contributed by atoms with Crippen LogP contribution >= 0.6 is 0 Å². The Labute approximate surface area is 197 Å². The van der Waals surface area contributed by atoms with Crippen molar-refractivity contribution in [3.63, 3.8) is 0 Å². The van der Waals surface area contributed by atoms with E-state index in [4.69, 9.17) is 4.74 Å². The molecule has 178 valence electrons. The van der Waals surface area contributed by atoms with Gasteiger partial charge in [-0.15, -0.1) is 15.0 Å². The van der Waals surface area contributed by atoms with Crippen LogP contribution < -0.4 is 0 Å². The summed E-state index contributed by atoms with van der Waals surface area (Å²) in [6.07, 6.45) is 10.3. The highest BCUT2D eigenvalue weighted by atomic mass is 16.5. The van der Waals surface area contributed by atoms with Gasteiger partial charge < -0.3 is 9.84 Å². The Morgan fingerprint density at radius 3 is 2.30 bits per heavy atom. The second kappa shape index (κ2) is 13.0. The number of carbonyl (C=O) groups is 1. The first-order chi connectivity index (χ1) is 16.1. The SMILES string of the molecule is CCCCCCCCOC(=O)CC(CCCC)c1ccc(O)c(-n2nc3ccccc3n2)c1. The minimum atomic E-state index is -0.151. The van der Waals surface area contributed by atoms with Gasteiger partial charge in [-0.25, -0.2) is 0 Å². The summed E-state index contributed by atoms with van der Waals surface area (Å²) in [5.41, 5.74) is 3.05. The Hall–Kier alpha value is -2.89. The first-order valence-electron chi connectivity index (χ1n) is 12.4. The fourth-order valence-electron chi connectivity index (χ4n) is 4.09. The maximum atomic E-state index is 12.6. The molecule has 0 fully saturated rings. The molecule has 0 aliphatic carbocycles. The van der Waals surface area contributed by atoms with Crippen LogP contribution in [0.1, 0.15) is 89.5 Å². The molecule has 0 saturated carbocycles. The molecule has 0 aliphatic rings. The zero-order valence-corrected chi connectivity index (χ0v) is 20.0. The topological polar surface area (TPSA) is 77.2 Å². The summed E-state index contributed by atoms with van der Waals surface area (Å²) in [5, 5.41) is 19.5. The Morgan fingerprint density at radius 1 is 0.939 bits per heavy atom. The van der Waals surface area contributed by atoms with E-state index in [1.807, 2.05) is 36.4 Å². The van der Waals surface area contributed by atoms with Gasteiger partial charge in [0.05, 0.1) is 13.0 Å². The first kappa shape index (κ1) is 24.7. The smallest absolute Gasteiger partial charge is 0.306 e. The number of phenolic OH excluding ortho intramolecular Hbond substituents is 1. The van der Waals surface area contributed by atoms with Gasteiger partial charge in [0, 0.05) is 0 Å². The van der Waals surface area contributed by atoms with E-state index in [2.05, 4.69) is 24.0 Å². The lowest BCUT2D eigenvalue weighted by molar-refractivity contribution is -0.144. The molecule has 0 aliphatic heterocycles. The van der Waals surface area contributed by atoms with Crippen molar-refractivity contribution in [2.24, 2.45) is 0 Å². The van der Waals surface area contributed by atoms with E-state index in [9.17, 15) is 9.90 Å². The molecule has 33 heavy (non-hydrogen) atoms. The lowest BCUT2D eigenvalue weighted by atomic mass is 9.90. The average molecular weight is 452 g/mol. The van der Waals surface area contributed by atoms with Crippen LogP contribution in [-0.4, -0.2) is 32.7 Å². The predicted molar refractivity (Wildman–Crippen MR) is 132 cm³/mol. The van der Waals surface area contributed by atoms with Crippen molar-refractivity contribution in [1.82, 2.24) is 15.0 Å². The summed E-state index contributed by atoms with van der Waals surface area (Å²) in [6, 6.07) is 13.1. The number of hydrogen-bond donors (Lipinski definition) is 1. The number of aromatic hydroxyl groups is 1. The van der Waals surface area contributed by atoms with Crippen LogP contribution in [0.4, 0.5) is 0 Å². The predicted octanol–water partition coefficient (Wildman–Crippen LogP) is 6.69. The molecule has 3 aromatic rings. The van der Waals surface area contributed by atoms with Gasteiger partial charge in [-0.05, 0) is 48.6 Å². The highest BCUT2D eigenvalue weighted by Gasteiger charge is 2.19. The molecule has 6 nitrogen and oxygen atoms in total. The number of phenols is 1. The van der Waals surface area contributed by atoms with Crippen LogP contribution in [0.5, 0.6) is 5.75 Å². The van der Waals surface area contributed by atoms with Crippen molar-refractivity contribution in [1.29, 1.82) is 0 Å². The molecule has 0 spiro atoms. The van der Waals surface area contributed by atoms with E-state index >= 15 is 0 Å². The minimum absolute atomic E-state index is 0.0336. The van der Waals surface area contributed by atoms with E-state index in [0.29, 0.717) is 18.7 Å². The van der Waals surface area contributed by atoms with E-state index in [-0.39, 0.29) is 17.6 Å². The number of benzene rings is 2. The molecule has 1 heterocycles. The van der Waals surface area contributed by atoms with Crippen molar-refractivity contribution >= 4 is 17.0 Å². The van der Waals surface area contributed by atoms with E-state index in [1.54, 1.807) is 6.07 Å². The third kappa shape index (κ3) is 7.31. The highest BCUT2D eigenvalue weighted by molar-refractivity contribution is 5.74. The normalized spacial score (nSPS) is 12.2. The molecule has 1 unspecified atom stereocenters. The van der Waals surface area contributed by atoms with Crippen molar-refractivity contribution in [2.75, 3.05) is 6.61 Å². The highest BCUT2D eigenvalue weighted by Crippen LogP contribution is 2.31. The number of fused-ring (bicyclic) bond motifs is 1. The summed E-state index contributed by atoms with van der Waals surface area (Å²) >= 11 is 0. The summed E-state index contributed by atoms with van der Waals surface area (Å²) < 4.78 is 5.54. The molecule has 6 heteroatoms. The molecule has 0 saturated heterocycles. The quantitative estimate of drug-likeness (QED) is 0.218. The molecule has 0 bridgehead atoms. The minimum Gasteiger partial charge on any atom is -0.506 e. The standard InChI is InChI=1S/C27H37N3O3/c1-3-5-7-8-9-12-18-33-27(32)20-21(13-6-4-2)22-16-17-26(31)25(19-22)30-28-23-14-10-11-15-24(23)29-30/h10-11,14-17,19,21,31H,3-9,12-13,18,20H2,1-2H3. The van der Waals surface area contributed by atoms with Crippen LogP contribution in [0.25, 0.3) is 16.7 Å². The monoisotopic (exact) mass is 451 g/mol. The Kier molecular flexibility index (Phi) is 9.73. The molecule has 0 amide bonds. The molecular formula is C27H37N3O3. The summed E-state index contributed by atoms with van der Waals surface area (Å²) in [6.45, 7) is 4.85. The van der Waals surface area contributed by atoms with Crippen molar-refractivity contribution < 1.29 is 14.6 Å². The number of esters is 1. The van der Waals surface area contributed by atoms with Gasteiger partial charge in [-0.1, -0.05) is 77.0 Å². The van der Waals surface area contributed by atoms with Gasteiger partial charge in [-0.2, -0.15) is 0 Å². The lowest BCUT2D eigenvalue weighted by Gasteiger charge is -2.18.